The number of hydrogen-bond donors (Lipinski definition) is 2. The highest BCUT2D eigenvalue weighted by molar-refractivity contribution is 9.11. The summed E-state index contributed by atoms with van der Waals surface area (Å²) in [5.74, 6) is -1.15. The molecule has 0 fully saturated rings. The molecular weight excluding hydrogens is 464 g/mol. The zero-order valence-corrected chi connectivity index (χ0v) is 18.8. The minimum atomic E-state index is -0.957. The van der Waals surface area contributed by atoms with Crippen molar-refractivity contribution < 1.29 is 23.9 Å². The smallest absolute Gasteiger partial charge is 0.408 e. The number of methoxy groups -OCH3 is 1. The van der Waals surface area contributed by atoms with E-state index < -0.39 is 30.1 Å². The maximum atomic E-state index is 12.9. The summed E-state index contributed by atoms with van der Waals surface area (Å²) in [4.78, 5) is 37.3. The number of halogens is 1. The summed E-state index contributed by atoms with van der Waals surface area (Å²) < 4.78 is 10.5. The van der Waals surface area contributed by atoms with Gasteiger partial charge in [-0.05, 0) is 15.6 Å². The molecule has 31 heavy (non-hydrogen) atoms. The number of ether oxygens (including phenoxy) is 2. The van der Waals surface area contributed by atoms with E-state index in [9.17, 15) is 14.4 Å². The van der Waals surface area contributed by atoms with Crippen LogP contribution >= 0.6 is 15.9 Å². The maximum Gasteiger partial charge on any atom is 0.408 e. The Morgan fingerprint density at radius 1 is 0.935 bits per heavy atom. The molecule has 0 bridgehead atoms. The second-order valence-electron chi connectivity index (χ2n) is 6.75. The van der Waals surface area contributed by atoms with Crippen LogP contribution in [0.15, 0.2) is 71.7 Å². The first kappa shape index (κ1) is 24.1. The first-order valence-corrected chi connectivity index (χ1v) is 10.4. The monoisotopic (exact) mass is 488 g/mol. The van der Waals surface area contributed by atoms with E-state index in [1.54, 1.807) is 0 Å². The van der Waals surface area contributed by atoms with Gasteiger partial charge in [0.1, 0.15) is 18.7 Å². The van der Waals surface area contributed by atoms with Gasteiger partial charge in [0.2, 0.25) is 5.91 Å². The van der Waals surface area contributed by atoms with Crippen LogP contribution in [0.25, 0.3) is 0 Å². The molecule has 2 atom stereocenters. The Morgan fingerprint density at radius 3 is 2.06 bits per heavy atom. The van der Waals surface area contributed by atoms with Crippen molar-refractivity contribution in [1.82, 2.24) is 10.6 Å². The van der Waals surface area contributed by atoms with Crippen LogP contribution in [0, 0.1) is 0 Å². The van der Waals surface area contributed by atoms with Gasteiger partial charge in [0.05, 0.1) is 7.11 Å². The average Bonchev–Trinajstić information content (AvgIpc) is 2.77. The molecule has 8 heteroatoms. The van der Waals surface area contributed by atoms with Crippen LogP contribution in [0.1, 0.15) is 17.5 Å². The summed E-state index contributed by atoms with van der Waals surface area (Å²) in [6.07, 6.45) is -0.370. The molecule has 2 N–H and O–H groups in total. The Kier molecular flexibility index (Phi) is 9.77. The van der Waals surface area contributed by atoms with Crippen LogP contribution in [0.2, 0.25) is 0 Å². The molecule has 0 unspecified atom stereocenters. The Labute approximate surface area is 189 Å². The van der Waals surface area contributed by atoms with E-state index >= 15 is 0 Å². The van der Waals surface area contributed by atoms with Crippen LogP contribution in [-0.4, -0.2) is 37.2 Å². The number of esters is 1. The fourth-order valence-corrected chi connectivity index (χ4v) is 3.12. The molecule has 0 radical (unpaired) electrons. The largest absolute Gasteiger partial charge is 0.467 e. The number of alkyl carbamates (subject to hydrolysis) is 1. The third-order valence-electron chi connectivity index (χ3n) is 4.33. The summed E-state index contributed by atoms with van der Waals surface area (Å²) in [6, 6.07) is 16.5. The van der Waals surface area contributed by atoms with Crippen molar-refractivity contribution in [2.75, 3.05) is 7.11 Å². The normalized spacial score (nSPS) is 12.2. The summed E-state index contributed by atoms with van der Waals surface area (Å²) in [5.41, 5.74) is 1.66. The molecule has 0 aliphatic carbocycles. The van der Waals surface area contributed by atoms with E-state index in [1.807, 2.05) is 60.7 Å². The van der Waals surface area contributed by atoms with Gasteiger partial charge in [0, 0.05) is 12.8 Å². The molecule has 0 aliphatic rings. The number of rotatable bonds is 10. The zero-order chi connectivity index (χ0) is 22.6. The number of benzene rings is 2. The van der Waals surface area contributed by atoms with Gasteiger partial charge in [0.15, 0.2) is 0 Å². The minimum Gasteiger partial charge on any atom is -0.467 e. The number of amides is 2. The maximum absolute atomic E-state index is 12.9. The van der Waals surface area contributed by atoms with Crippen molar-refractivity contribution in [3.63, 3.8) is 0 Å². The Hall–Kier alpha value is -3.13. The summed E-state index contributed by atoms with van der Waals surface area (Å²) >= 11 is 3.19. The van der Waals surface area contributed by atoms with E-state index in [4.69, 9.17) is 9.47 Å². The van der Waals surface area contributed by atoms with E-state index in [-0.39, 0.29) is 19.4 Å². The molecule has 0 heterocycles. The lowest BCUT2D eigenvalue weighted by Crippen LogP contribution is -2.52. The third kappa shape index (κ3) is 8.64. The van der Waals surface area contributed by atoms with Crippen LogP contribution in [0.4, 0.5) is 4.79 Å². The molecule has 2 rings (SSSR count). The SMILES string of the molecule is C=C(Br)C[C@H](NC(=O)[C@H](Cc1ccccc1)NC(=O)OCc1ccccc1)C(=O)OC. The van der Waals surface area contributed by atoms with Gasteiger partial charge in [-0.1, -0.05) is 83.2 Å². The molecule has 0 saturated heterocycles. The van der Waals surface area contributed by atoms with E-state index in [2.05, 4.69) is 33.1 Å². The summed E-state index contributed by atoms with van der Waals surface area (Å²) in [5, 5.41) is 5.22. The number of carbonyl (C=O) groups excluding carboxylic acids is 3. The van der Waals surface area contributed by atoms with Crippen molar-refractivity contribution >= 4 is 33.9 Å². The van der Waals surface area contributed by atoms with Gasteiger partial charge in [0.25, 0.3) is 0 Å². The van der Waals surface area contributed by atoms with E-state index in [0.29, 0.717) is 4.48 Å². The molecule has 2 aromatic rings. The van der Waals surface area contributed by atoms with Crippen LogP contribution in [-0.2, 0) is 32.1 Å². The Morgan fingerprint density at radius 2 is 1.52 bits per heavy atom. The van der Waals surface area contributed by atoms with Crippen molar-refractivity contribution in [1.29, 1.82) is 0 Å². The van der Waals surface area contributed by atoms with E-state index in [1.165, 1.54) is 7.11 Å². The van der Waals surface area contributed by atoms with Crippen molar-refractivity contribution in [3.05, 3.63) is 82.9 Å². The molecular formula is C23H25BrN2O5. The zero-order valence-electron chi connectivity index (χ0n) is 17.2. The number of carbonyl (C=O) groups is 3. The van der Waals surface area contributed by atoms with Crippen LogP contribution in [0.3, 0.4) is 0 Å². The fraction of sp³-hybridized carbons (Fsp3) is 0.261. The lowest BCUT2D eigenvalue weighted by atomic mass is 10.0. The molecule has 0 saturated carbocycles. The summed E-state index contributed by atoms with van der Waals surface area (Å²) in [6.45, 7) is 3.77. The topological polar surface area (TPSA) is 93.7 Å². The quantitative estimate of drug-likeness (QED) is 0.499. The number of hydrogen-bond acceptors (Lipinski definition) is 5. The minimum absolute atomic E-state index is 0.0700. The van der Waals surface area contributed by atoms with Gasteiger partial charge in [-0.2, -0.15) is 0 Å². The standard InChI is InChI=1S/C23H25BrN2O5/c1-16(24)13-20(22(28)30-2)25-21(27)19(14-17-9-5-3-6-10-17)26-23(29)31-15-18-11-7-4-8-12-18/h3-12,19-20H,1,13-15H2,2H3,(H,25,27)(H,26,29)/t19-,20-/m0/s1. The van der Waals surface area contributed by atoms with Gasteiger partial charge in [-0.15, -0.1) is 0 Å². The van der Waals surface area contributed by atoms with Crippen molar-refractivity contribution in [2.24, 2.45) is 0 Å². The van der Waals surface area contributed by atoms with Gasteiger partial charge >= 0.3 is 12.1 Å². The average molecular weight is 489 g/mol. The predicted molar refractivity (Wildman–Crippen MR) is 120 cm³/mol. The molecule has 2 amide bonds. The van der Waals surface area contributed by atoms with Crippen LogP contribution in [0.5, 0.6) is 0 Å². The fourth-order valence-electron chi connectivity index (χ4n) is 2.80. The van der Waals surface area contributed by atoms with Crippen molar-refractivity contribution in [2.45, 2.75) is 31.5 Å². The Bertz CT molecular complexity index is 889. The van der Waals surface area contributed by atoms with Gasteiger partial charge < -0.3 is 20.1 Å². The second kappa shape index (κ2) is 12.5. The first-order chi connectivity index (χ1) is 14.9. The first-order valence-electron chi connectivity index (χ1n) is 9.61. The molecule has 0 spiro atoms. The highest BCUT2D eigenvalue weighted by Gasteiger charge is 2.28. The lowest BCUT2D eigenvalue weighted by Gasteiger charge is -2.22. The second-order valence-corrected chi connectivity index (χ2v) is 7.88. The molecule has 0 aliphatic heterocycles. The molecule has 164 valence electrons. The molecule has 0 aromatic heterocycles. The third-order valence-corrected chi connectivity index (χ3v) is 4.66. The van der Waals surface area contributed by atoms with Gasteiger partial charge in [-0.25, -0.2) is 9.59 Å². The highest BCUT2D eigenvalue weighted by atomic mass is 79.9. The predicted octanol–water partition coefficient (Wildman–Crippen LogP) is 3.48. The highest BCUT2D eigenvalue weighted by Crippen LogP contribution is 2.12. The van der Waals surface area contributed by atoms with Crippen LogP contribution < -0.4 is 10.6 Å². The lowest BCUT2D eigenvalue weighted by molar-refractivity contribution is -0.145. The number of nitrogens with one attached hydrogen (secondary N) is 2. The summed E-state index contributed by atoms with van der Waals surface area (Å²) in [7, 11) is 1.24. The van der Waals surface area contributed by atoms with Gasteiger partial charge in [-0.3, -0.25) is 4.79 Å². The molecule has 2 aromatic carbocycles. The van der Waals surface area contributed by atoms with Crippen molar-refractivity contribution in [3.8, 4) is 0 Å². The van der Waals surface area contributed by atoms with E-state index in [0.717, 1.165) is 11.1 Å². The molecule has 7 nitrogen and oxygen atoms in total. The Balaban J connectivity index is 2.08.